The van der Waals surface area contributed by atoms with Crippen LogP contribution in [0, 0.1) is 18.8 Å². The first-order valence-electron chi connectivity index (χ1n) is 9.00. The number of nitrogens with zero attached hydrogens (tertiary/aromatic N) is 1. The molecule has 2 aliphatic rings. The summed E-state index contributed by atoms with van der Waals surface area (Å²) in [5.74, 6) is 1.34. The highest BCUT2D eigenvalue weighted by Crippen LogP contribution is 2.45. The Balaban J connectivity index is 1.51. The zero-order valence-corrected chi connectivity index (χ0v) is 14.5. The molecule has 0 bridgehead atoms. The Morgan fingerprint density at radius 3 is 2.58 bits per heavy atom. The molecule has 2 saturated carbocycles. The van der Waals surface area contributed by atoms with E-state index in [0.717, 1.165) is 47.7 Å². The van der Waals surface area contributed by atoms with E-state index in [2.05, 4.69) is 29.1 Å². The van der Waals surface area contributed by atoms with Crippen LogP contribution in [0.5, 0.6) is 0 Å². The maximum atomic E-state index is 12.4. The van der Waals surface area contributed by atoms with Crippen LogP contribution in [-0.2, 0) is 6.54 Å². The van der Waals surface area contributed by atoms with Crippen molar-refractivity contribution in [2.45, 2.75) is 51.3 Å². The number of benzene rings is 1. The number of rotatable bonds is 3. The van der Waals surface area contributed by atoms with Crippen LogP contribution in [-0.4, -0.2) is 34.2 Å². The Kier molecular flexibility index (Phi) is 3.97. The van der Waals surface area contributed by atoms with Crippen molar-refractivity contribution < 1.29 is 5.11 Å². The lowest BCUT2D eigenvalue weighted by Crippen LogP contribution is -2.32. The topological polar surface area (TPSA) is 56.3 Å². The quantitative estimate of drug-likeness (QED) is 0.912. The van der Waals surface area contributed by atoms with Crippen LogP contribution in [0.4, 0.5) is 0 Å². The molecular formula is C20H26N2O2. The van der Waals surface area contributed by atoms with Gasteiger partial charge in [-0.2, -0.15) is 0 Å². The van der Waals surface area contributed by atoms with Crippen molar-refractivity contribution in [3.8, 4) is 0 Å². The SMILES string of the molecule is Cc1ccc2cc(CN(C)C3C[C@H]4CC(O)C[C@H]4C3)c(=O)[nH]c2c1. The highest BCUT2D eigenvalue weighted by molar-refractivity contribution is 5.79. The van der Waals surface area contributed by atoms with E-state index in [1.165, 1.54) is 0 Å². The molecule has 0 saturated heterocycles. The maximum absolute atomic E-state index is 12.4. The molecule has 4 rings (SSSR count). The van der Waals surface area contributed by atoms with Crippen molar-refractivity contribution in [1.29, 1.82) is 0 Å². The number of pyridine rings is 1. The molecule has 128 valence electrons. The first-order valence-corrected chi connectivity index (χ1v) is 9.00. The van der Waals surface area contributed by atoms with Crippen LogP contribution in [0.3, 0.4) is 0 Å². The summed E-state index contributed by atoms with van der Waals surface area (Å²) in [6.07, 6.45) is 4.15. The van der Waals surface area contributed by atoms with Gasteiger partial charge in [0.2, 0.25) is 0 Å². The fourth-order valence-electron chi connectivity index (χ4n) is 4.79. The van der Waals surface area contributed by atoms with Crippen LogP contribution in [0.15, 0.2) is 29.1 Å². The zero-order chi connectivity index (χ0) is 16.8. The van der Waals surface area contributed by atoms with Gasteiger partial charge >= 0.3 is 0 Å². The number of nitrogens with one attached hydrogen (secondary N) is 1. The molecule has 2 fully saturated rings. The molecular weight excluding hydrogens is 300 g/mol. The second-order valence-corrected chi connectivity index (χ2v) is 7.90. The van der Waals surface area contributed by atoms with Crippen molar-refractivity contribution in [3.63, 3.8) is 0 Å². The summed E-state index contributed by atoms with van der Waals surface area (Å²) in [5, 5.41) is 10.9. The molecule has 1 aromatic carbocycles. The Bertz CT molecular complexity index is 799. The molecule has 0 aliphatic heterocycles. The third-order valence-electron chi connectivity index (χ3n) is 6.09. The Hall–Kier alpha value is -1.65. The minimum atomic E-state index is -0.0851. The molecule has 4 nitrogen and oxygen atoms in total. The summed E-state index contributed by atoms with van der Waals surface area (Å²) < 4.78 is 0. The van der Waals surface area contributed by atoms with Gasteiger partial charge in [0.25, 0.3) is 5.56 Å². The summed E-state index contributed by atoms with van der Waals surface area (Å²) in [4.78, 5) is 17.8. The van der Waals surface area contributed by atoms with Gasteiger partial charge in [-0.1, -0.05) is 12.1 Å². The second-order valence-electron chi connectivity index (χ2n) is 7.90. The van der Waals surface area contributed by atoms with Gasteiger partial charge in [-0.25, -0.2) is 0 Å². The third kappa shape index (κ3) is 2.89. The number of fused-ring (bicyclic) bond motifs is 2. The zero-order valence-electron chi connectivity index (χ0n) is 14.5. The second kappa shape index (κ2) is 6.01. The highest BCUT2D eigenvalue weighted by atomic mass is 16.3. The van der Waals surface area contributed by atoms with Gasteiger partial charge < -0.3 is 10.1 Å². The molecule has 0 radical (unpaired) electrons. The van der Waals surface area contributed by atoms with E-state index in [1.54, 1.807) is 0 Å². The van der Waals surface area contributed by atoms with Gasteiger partial charge in [0, 0.05) is 23.7 Å². The van der Waals surface area contributed by atoms with Gasteiger partial charge in [0.15, 0.2) is 0 Å². The van der Waals surface area contributed by atoms with Crippen LogP contribution in [0.1, 0.15) is 36.8 Å². The van der Waals surface area contributed by atoms with Crippen LogP contribution < -0.4 is 5.56 Å². The number of hydrogen-bond donors (Lipinski definition) is 2. The van der Waals surface area contributed by atoms with Crippen molar-refractivity contribution >= 4 is 10.9 Å². The van der Waals surface area contributed by atoms with E-state index in [4.69, 9.17) is 0 Å². The number of hydrogen-bond acceptors (Lipinski definition) is 3. The number of H-pyrrole nitrogens is 1. The lowest BCUT2D eigenvalue weighted by molar-refractivity contribution is 0.158. The van der Waals surface area contributed by atoms with E-state index in [1.807, 2.05) is 19.1 Å². The smallest absolute Gasteiger partial charge is 0.252 e. The normalized spacial score (nSPS) is 29.5. The summed E-state index contributed by atoms with van der Waals surface area (Å²) in [6.45, 7) is 2.72. The monoisotopic (exact) mass is 326 g/mol. The van der Waals surface area contributed by atoms with Crippen LogP contribution >= 0.6 is 0 Å². The number of aryl methyl sites for hydroxylation is 1. The number of aromatic nitrogens is 1. The van der Waals surface area contributed by atoms with Gasteiger partial charge in [-0.15, -0.1) is 0 Å². The molecule has 4 heteroatoms. The van der Waals surface area contributed by atoms with Crippen LogP contribution in [0.2, 0.25) is 0 Å². The highest BCUT2D eigenvalue weighted by Gasteiger charge is 2.42. The van der Waals surface area contributed by atoms with Crippen molar-refractivity contribution in [3.05, 3.63) is 45.7 Å². The van der Waals surface area contributed by atoms with Crippen LogP contribution in [0.25, 0.3) is 10.9 Å². The van der Waals surface area contributed by atoms with Gasteiger partial charge in [0.1, 0.15) is 0 Å². The molecule has 2 aliphatic carbocycles. The Labute approximate surface area is 142 Å². The minimum absolute atomic E-state index is 0.0218. The van der Waals surface area contributed by atoms with E-state index in [-0.39, 0.29) is 11.7 Å². The summed E-state index contributed by atoms with van der Waals surface area (Å²) in [6, 6.07) is 8.74. The van der Waals surface area contributed by atoms with Gasteiger partial charge in [-0.05, 0) is 74.6 Å². The minimum Gasteiger partial charge on any atom is -0.393 e. The summed E-state index contributed by atoms with van der Waals surface area (Å²) in [7, 11) is 2.13. The van der Waals surface area contributed by atoms with E-state index >= 15 is 0 Å². The molecule has 2 N–H and O–H groups in total. The molecule has 1 aromatic heterocycles. The van der Waals surface area contributed by atoms with E-state index < -0.39 is 0 Å². The Morgan fingerprint density at radius 2 is 1.88 bits per heavy atom. The average molecular weight is 326 g/mol. The third-order valence-corrected chi connectivity index (χ3v) is 6.09. The summed E-state index contributed by atoms with van der Waals surface area (Å²) >= 11 is 0. The predicted octanol–water partition coefficient (Wildman–Crippen LogP) is 2.82. The fourth-order valence-corrected chi connectivity index (χ4v) is 4.79. The van der Waals surface area contributed by atoms with Gasteiger partial charge in [0.05, 0.1) is 6.10 Å². The van der Waals surface area contributed by atoms with Crippen molar-refractivity contribution in [1.82, 2.24) is 9.88 Å². The standard InChI is InChI=1S/C20H26N2O2/c1-12-3-4-13-6-16(20(24)21-19(13)5-12)11-22(2)17-7-14-9-18(23)10-15(14)8-17/h3-6,14-15,17-18,23H,7-11H2,1-2H3,(H,21,24)/t14-,15+,17?,18?. The molecule has 24 heavy (non-hydrogen) atoms. The van der Waals surface area contributed by atoms with E-state index in [9.17, 15) is 9.90 Å². The van der Waals surface area contributed by atoms with Crippen molar-refractivity contribution in [2.24, 2.45) is 11.8 Å². The van der Waals surface area contributed by atoms with Crippen molar-refractivity contribution in [2.75, 3.05) is 7.05 Å². The lowest BCUT2D eigenvalue weighted by atomic mass is 10.0. The summed E-state index contributed by atoms with van der Waals surface area (Å²) in [5.41, 5.74) is 2.93. The Morgan fingerprint density at radius 1 is 1.17 bits per heavy atom. The maximum Gasteiger partial charge on any atom is 0.252 e. The predicted molar refractivity (Wildman–Crippen MR) is 96.0 cm³/mol. The first-order chi connectivity index (χ1) is 11.5. The molecule has 2 aromatic rings. The number of aliphatic hydroxyl groups excluding tert-OH is 1. The van der Waals surface area contributed by atoms with E-state index in [0.29, 0.717) is 24.4 Å². The number of aliphatic hydroxyl groups is 1. The lowest BCUT2D eigenvalue weighted by Gasteiger charge is -2.25. The van der Waals surface area contributed by atoms with Gasteiger partial charge in [-0.3, -0.25) is 9.69 Å². The molecule has 4 atom stereocenters. The molecule has 0 spiro atoms. The average Bonchev–Trinajstić information content (AvgIpc) is 3.05. The molecule has 2 unspecified atom stereocenters. The largest absolute Gasteiger partial charge is 0.393 e. The fraction of sp³-hybridized carbons (Fsp3) is 0.550. The first kappa shape index (κ1) is 15.9. The molecule has 0 amide bonds. The number of aromatic amines is 1. The molecule has 1 heterocycles.